The normalized spacial score (nSPS) is 15.0. The molecule has 1 fully saturated rings. The quantitative estimate of drug-likeness (QED) is 0.551. The van der Waals surface area contributed by atoms with Gasteiger partial charge in [0.2, 0.25) is 10.0 Å². The summed E-state index contributed by atoms with van der Waals surface area (Å²) in [6.07, 6.45) is 4.50. The Morgan fingerprint density at radius 3 is 2.59 bits per heavy atom. The molecule has 0 bridgehead atoms. The molecule has 0 aliphatic carbocycles. The highest BCUT2D eigenvalue weighted by molar-refractivity contribution is 7.89. The first-order valence-electron chi connectivity index (χ1n) is 10.6. The number of anilines is 1. The lowest BCUT2D eigenvalue weighted by Crippen LogP contribution is -2.40. The summed E-state index contributed by atoms with van der Waals surface area (Å²) in [6, 6.07) is 10.7. The average Bonchev–Trinajstić information content (AvgIpc) is 2.80. The monoisotopic (exact) mass is 477 g/mol. The third kappa shape index (κ3) is 6.94. The van der Waals surface area contributed by atoms with Gasteiger partial charge in [-0.05, 0) is 54.5 Å². The number of nitrogens with zero attached hydrogens (tertiary/aromatic N) is 4. The van der Waals surface area contributed by atoms with E-state index in [1.807, 2.05) is 18.2 Å². The first kappa shape index (κ1) is 24.5. The second-order valence-corrected chi connectivity index (χ2v) is 10.4. The van der Waals surface area contributed by atoms with Crippen LogP contribution in [0.15, 0.2) is 53.7 Å². The van der Waals surface area contributed by atoms with Gasteiger partial charge >= 0.3 is 0 Å². The summed E-state index contributed by atoms with van der Waals surface area (Å²) in [6.45, 7) is 5.89. The van der Waals surface area contributed by atoms with Crippen molar-refractivity contribution in [1.29, 1.82) is 0 Å². The Balaban J connectivity index is 1.68. The van der Waals surface area contributed by atoms with Crippen LogP contribution in [0.2, 0.25) is 0 Å². The van der Waals surface area contributed by atoms with Crippen molar-refractivity contribution >= 4 is 33.0 Å². The summed E-state index contributed by atoms with van der Waals surface area (Å²) < 4.78 is 31.6. The van der Waals surface area contributed by atoms with Gasteiger partial charge in [-0.25, -0.2) is 12.7 Å². The van der Waals surface area contributed by atoms with Crippen LogP contribution < -0.4 is 5.32 Å². The van der Waals surface area contributed by atoms with Crippen molar-refractivity contribution in [3.8, 4) is 0 Å². The summed E-state index contributed by atoms with van der Waals surface area (Å²) in [5.74, 6) is 0. The third-order valence-corrected chi connectivity index (χ3v) is 7.45. The van der Waals surface area contributed by atoms with E-state index in [4.69, 9.17) is 17.0 Å². The highest BCUT2D eigenvalue weighted by atomic mass is 32.2. The number of morpholine rings is 1. The molecule has 0 unspecified atom stereocenters. The predicted molar refractivity (Wildman–Crippen MR) is 130 cm³/mol. The Kier molecular flexibility index (Phi) is 8.94. The Morgan fingerprint density at radius 1 is 1.19 bits per heavy atom. The molecule has 0 saturated carbocycles. The minimum atomic E-state index is -3.52. The zero-order valence-electron chi connectivity index (χ0n) is 18.6. The molecule has 1 aromatic heterocycles. The molecule has 1 saturated heterocycles. The topological polar surface area (TPSA) is 78.0 Å². The van der Waals surface area contributed by atoms with Crippen LogP contribution in [0.1, 0.15) is 12.0 Å². The molecule has 1 aromatic carbocycles. The number of benzene rings is 1. The SMILES string of the molecule is CN(C)S(=O)(=O)c1cccc(NC(=S)N(CCCN2CCOCC2)Cc2ccncc2)c1. The molecule has 0 amide bonds. The van der Waals surface area contributed by atoms with Crippen LogP contribution in [-0.4, -0.2) is 86.1 Å². The molecule has 0 atom stereocenters. The Morgan fingerprint density at radius 2 is 1.91 bits per heavy atom. The van der Waals surface area contributed by atoms with Crippen LogP contribution in [0.25, 0.3) is 0 Å². The number of pyridine rings is 1. The van der Waals surface area contributed by atoms with Gasteiger partial charge in [0, 0.05) is 64.9 Å². The second-order valence-electron chi connectivity index (χ2n) is 7.83. The van der Waals surface area contributed by atoms with Gasteiger partial charge in [-0.3, -0.25) is 9.88 Å². The molecular formula is C22H31N5O3S2. The summed E-state index contributed by atoms with van der Waals surface area (Å²) in [5, 5.41) is 3.79. The van der Waals surface area contributed by atoms with E-state index in [0.29, 0.717) is 17.3 Å². The number of thiocarbonyl (C=S) groups is 1. The largest absolute Gasteiger partial charge is 0.379 e. The molecule has 2 aromatic rings. The van der Waals surface area contributed by atoms with Crippen LogP contribution in [0.5, 0.6) is 0 Å². The highest BCUT2D eigenvalue weighted by Gasteiger charge is 2.18. The van der Waals surface area contributed by atoms with Gasteiger partial charge in [-0.1, -0.05) is 6.07 Å². The van der Waals surface area contributed by atoms with E-state index in [9.17, 15) is 8.42 Å². The standard InChI is InChI=1S/C22H31N5O3S2/c1-25(2)32(28,29)21-6-3-5-20(17-21)24-22(31)27(18-19-7-9-23-10-8-19)12-4-11-26-13-15-30-16-14-26/h3,5-10,17H,4,11-16,18H2,1-2H3,(H,24,31). The predicted octanol–water partition coefficient (Wildman–Crippen LogP) is 2.25. The maximum atomic E-state index is 12.5. The summed E-state index contributed by atoms with van der Waals surface area (Å²) in [7, 11) is -0.479. The number of ether oxygens (including phenoxy) is 1. The summed E-state index contributed by atoms with van der Waals surface area (Å²) in [4.78, 5) is 8.83. The van der Waals surface area contributed by atoms with Gasteiger partial charge in [0.25, 0.3) is 0 Å². The molecule has 1 aliphatic heterocycles. The number of aromatic nitrogens is 1. The molecule has 174 valence electrons. The molecule has 10 heteroatoms. The van der Waals surface area contributed by atoms with Crippen molar-refractivity contribution in [3.63, 3.8) is 0 Å². The zero-order chi connectivity index (χ0) is 23.0. The fraction of sp³-hybridized carbons (Fsp3) is 0.455. The van der Waals surface area contributed by atoms with E-state index >= 15 is 0 Å². The van der Waals surface area contributed by atoms with Crippen molar-refractivity contribution < 1.29 is 13.2 Å². The molecule has 3 rings (SSSR count). The molecule has 8 nitrogen and oxygen atoms in total. The van der Waals surface area contributed by atoms with Gasteiger partial charge in [-0.2, -0.15) is 0 Å². The van der Waals surface area contributed by atoms with Crippen molar-refractivity contribution in [1.82, 2.24) is 19.1 Å². The van der Waals surface area contributed by atoms with Gasteiger partial charge in [0.15, 0.2) is 5.11 Å². The van der Waals surface area contributed by atoms with Gasteiger partial charge in [0.1, 0.15) is 0 Å². The number of rotatable bonds is 9. The first-order valence-corrected chi connectivity index (χ1v) is 12.5. The minimum Gasteiger partial charge on any atom is -0.379 e. The molecule has 1 aliphatic rings. The van der Waals surface area contributed by atoms with E-state index < -0.39 is 10.0 Å². The number of hydrogen-bond donors (Lipinski definition) is 1. The summed E-state index contributed by atoms with van der Waals surface area (Å²) >= 11 is 5.72. The van der Waals surface area contributed by atoms with Crippen molar-refractivity contribution in [2.45, 2.75) is 17.9 Å². The Hall–Kier alpha value is -2.11. The van der Waals surface area contributed by atoms with Gasteiger partial charge in [0.05, 0.1) is 18.1 Å². The van der Waals surface area contributed by atoms with E-state index in [-0.39, 0.29) is 4.90 Å². The van der Waals surface area contributed by atoms with E-state index in [1.165, 1.54) is 18.4 Å². The smallest absolute Gasteiger partial charge is 0.242 e. The van der Waals surface area contributed by atoms with E-state index in [1.54, 1.807) is 30.6 Å². The third-order valence-electron chi connectivity index (χ3n) is 5.28. The highest BCUT2D eigenvalue weighted by Crippen LogP contribution is 2.19. The average molecular weight is 478 g/mol. The minimum absolute atomic E-state index is 0.225. The van der Waals surface area contributed by atoms with Gasteiger partial charge in [-0.15, -0.1) is 0 Å². The molecule has 1 N–H and O–H groups in total. The van der Waals surface area contributed by atoms with Crippen molar-refractivity contribution in [2.24, 2.45) is 0 Å². The lowest BCUT2D eigenvalue weighted by atomic mass is 10.2. The van der Waals surface area contributed by atoms with E-state index in [0.717, 1.165) is 51.4 Å². The fourth-order valence-electron chi connectivity index (χ4n) is 3.42. The van der Waals surface area contributed by atoms with Crippen molar-refractivity contribution in [3.05, 3.63) is 54.4 Å². The molecule has 0 radical (unpaired) electrons. The number of hydrogen-bond acceptors (Lipinski definition) is 6. The first-order chi connectivity index (χ1) is 15.4. The number of sulfonamides is 1. The molecular weight excluding hydrogens is 446 g/mol. The van der Waals surface area contributed by atoms with E-state index in [2.05, 4.69) is 20.1 Å². The lowest BCUT2D eigenvalue weighted by Gasteiger charge is -2.29. The maximum absolute atomic E-state index is 12.5. The van der Waals surface area contributed by atoms with Crippen LogP contribution in [0.3, 0.4) is 0 Å². The van der Waals surface area contributed by atoms with Crippen molar-refractivity contribution in [2.75, 3.05) is 58.8 Å². The molecule has 32 heavy (non-hydrogen) atoms. The maximum Gasteiger partial charge on any atom is 0.242 e. The van der Waals surface area contributed by atoms with Gasteiger partial charge < -0.3 is 15.0 Å². The fourth-order valence-corrected chi connectivity index (χ4v) is 4.64. The Labute approximate surface area is 196 Å². The van der Waals surface area contributed by atoms with Crippen LogP contribution in [0, 0.1) is 0 Å². The summed E-state index contributed by atoms with van der Waals surface area (Å²) in [5.41, 5.74) is 1.75. The zero-order valence-corrected chi connectivity index (χ0v) is 20.2. The van der Waals surface area contributed by atoms with Crippen LogP contribution >= 0.6 is 12.2 Å². The Bertz CT molecular complexity index is 980. The molecule has 0 spiro atoms. The second kappa shape index (κ2) is 11.7. The number of nitrogens with one attached hydrogen (secondary N) is 1. The molecule has 2 heterocycles. The van der Waals surface area contributed by atoms with Crippen LogP contribution in [0.4, 0.5) is 5.69 Å². The van der Waals surface area contributed by atoms with Crippen LogP contribution in [-0.2, 0) is 21.3 Å². The lowest BCUT2D eigenvalue weighted by molar-refractivity contribution is 0.0368.